The Hall–Kier alpha value is -3.50. The normalized spacial score (nSPS) is 19.6. The van der Waals surface area contributed by atoms with Gasteiger partial charge in [0.2, 0.25) is 0 Å². The fraction of sp³-hybridized carbons (Fsp3) is 0.320. The number of aryl methyl sites for hydroxylation is 1. The summed E-state index contributed by atoms with van der Waals surface area (Å²) in [5, 5.41) is 5.98. The van der Waals surface area contributed by atoms with Crippen molar-refractivity contribution < 1.29 is 23.2 Å². The molecule has 11 heteroatoms. The van der Waals surface area contributed by atoms with Gasteiger partial charge in [-0.2, -0.15) is 0 Å². The van der Waals surface area contributed by atoms with Crippen molar-refractivity contribution in [1.82, 2.24) is 14.8 Å². The number of primary amides is 1. The van der Waals surface area contributed by atoms with Crippen molar-refractivity contribution >= 4 is 46.0 Å². The first-order valence-corrected chi connectivity index (χ1v) is 11.8. The number of para-hydroxylation sites is 1. The molecule has 1 aliphatic rings. The number of fused-ring (bicyclic) bond motifs is 1. The van der Waals surface area contributed by atoms with E-state index in [1.54, 1.807) is 37.4 Å². The van der Waals surface area contributed by atoms with Gasteiger partial charge in [0, 0.05) is 31.0 Å². The van der Waals surface area contributed by atoms with Crippen LogP contribution < -0.4 is 16.4 Å². The molecular formula is C25H26ClF2N5O3. The van der Waals surface area contributed by atoms with Crippen LogP contribution >= 0.6 is 11.6 Å². The summed E-state index contributed by atoms with van der Waals surface area (Å²) in [7, 11) is 1.58. The van der Waals surface area contributed by atoms with Gasteiger partial charge in [-0.1, -0.05) is 41.9 Å². The lowest BCUT2D eigenvalue weighted by Gasteiger charge is -2.24. The number of hydrogen-bond acceptors (Lipinski definition) is 4. The summed E-state index contributed by atoms with van der Waals surface area (Å²) in [6, 6.07) is 8.90. The molecule has 190 valence electrons. The summed E-state index contributed by atoms with van der Waals surface area (Å²) in [6.45, 7) is -0.361. The molecule has 2 atom stereocenters. The quantitative estimate of drug-likeness (QED) is 0.438. The monoisotopic (exact) mass is 517 g/mol. The van der Waals surface area contributed by atoms with Crippen molar-refractivity contribution in [2.75, 3.05) is 25.5 Å². The third-order valence-electron chi connectivity index (χ3n) is 6.38. The number of alkyl halides is 1. The molecule has 36 heavy (non-hydrogen) atoms. The molecule has 3 amide bonds. The zero-order chi connectivity index (χ0) is 26.0. The molecule has 0 unspecified atom stereocenters. The van der Waals surface area contributed by atoms with E-state index in [9.17, 15) is 18.8 Å². The van der Waals surface area contributed by atoms with Crippen molar-refractivity contribution in [3.63, 3.8) is 0 Å². The molecular weight excluding hydrogens is 492 g/mol. The highest BCUT2D eigenvalue weighted by molar-refractivity contribution is 6.30. The Bertz CT molecular complexity index is 1330. The Labute approximate surface area is 211 Å². The highest BCUT2D eigenvalue weighted by Crippen LogP contribution is 2.33. The largest absolute Gasteiger partial charge is 0.351 e. The van der Waals surface area contributed by atoms with Gasteiger partial charge in [0.25, 0.3) is 0 Å². The van der Waals surface area contributed by atoms with E-state index in [0.29, 0.717) is 16.6 Å². The number of nitrogens with two attached hydrogens (primary N) is 1. The number of rotatable bonds is 7. The molecule has 1 fully saturated rings. The minimum atomic E-state index is -1.82. The number of anilines is 1. The third-order valence-corrected chi connectivity index (χ3v) is 6.67. The molecule has 0 bridgehead atoms. The van der Waals surface area contributed by atoms with Gasteiger partial charge in [-0.15, -0.1) is 0 Å². The number of nitrogens with zero attached hydrogens (tertiary/aromatic N) is 2. The first-order chi connectivity index (χ1) is 17.1. The van der Waals surface area contributed by atoms with Gasteiger partial charge in [-0.3, -0.25) is 9.36 Å². The van der Waals surface area contributed by atoms with Crippen LogP contribution in [0.2, 0.25) is 5.02 Å². The van der Waals surface area contributed by atoms with E-state index < -0.39 is 29.6 Å². The lowest BCUT2D eigenvalue weighted by molar-refractivity contribution is -0.122. The number of benzene rings is 2. The van der Waals surface area contributed by atoms with Crippen LogP contribution in [-0.2, 0) is 11.2 Å². The van der Waals surface area contributed by atoms with E-state index in [4.69, 9.17) is 17.3 Å². The number of likely N-dealkylation sites (tertiary alicyclic amines) is 1. The Morgan fingerprint density at radius 1 is 1.19 bits per heavy atom. The minimum Gasteiger partial charge on any atom is -0.351 e. The van der Waals surface area contributed by atoms with Gasteiger partial charge in [-0.25, -0.2) is 18.4 Å². The van der Waals surface area contributed by atoms with E-state index in [1.165, 1.54) is 22.9 Å². The number of aromatic nitrogens is 1. The maximum Gasteiger partial charge on any atom is 0.323 e. The second kappa shape index (κ2) is 10.2. The third kappa shape index (κ3) is 5.05. The van der Waals surface area contributed by atoms with Gasteiger partial charge in [0.05, 0.1) is 28.8 Å². The molecule has 2 heterocycles. The second-order valence-corrected chi connectivity index (χ2v) is 9.31. The van der Waals surface area contributed by atoms with Gasteiger partial charge in [0.15, 0.2) is 5.78 Å². The molecule has 8 nitrogen and oxygen atoms in total. The second-order valence-electron chi connectivity index (χ2n) is 8.91. The fourth-order valence-corrected chi connectivity index (χ4v) is 4.89. The number of urea groups is 1. The summed E-state index contributed by atoms with van der Waals surface area (Å²) in [6.07, 6.45) is 1.16. The molecule has 1 saturated heterocycles. The number of amides is 3. The van der Waals surface area contributed by atoms with E-state index in [1.807, 2.05) is 0 Å². The van der Waals surface area contributed by atoms with Gasteiger partial charge in [0.1, 0.15) is 11.5 Å². The first-order valence-electron chi connectivity index (χ1n) is 11.4. The van der Waals surface area contributed by atoms with Crippen LogP contribution in [0.5, 0.6) is 0 Å². The summed E-state index contributed by atoms with van der Waals surface area (Å²) < 4.78 is 31.0. The Kier molecular flexibility index (Phi) is 7.28. The van der Waals surface area contributed by atoms with Crippen LogP contribution in [0.1, 0.15) is 18.4 Å². The smallest absolute Gasteiger partial charge is 0.323 e. The molecule has 4 N–H and O–H groups in total. The average molecular weight is 518 g/mol. The number of carbonyl (C=O) groups excluding carboxylic acids is 3. The molecule has 2 aromatic carbocycles. The molecule has 4 rings (SSSR count). The Morgan fingerprint density at radius 3 is 2.67 bits per heavy atom. The summed E-state index contributed by atoms with van der Waals surface area (Å²) in [4.78, 5) is 39.4. The number of carbonyl (C=O) groups is 3. The lowest BCUT2D eigenvalue weighted by atomic mass is 9.97. The zero-order valence-corrected chi connectivity index (χ0v) is 20.3. The van der Waals surface area contributed by atoms with E-state index >= 15 is 4.39 Å². The minimum absolute atomic E-state index is 0.0475. The van der Waals surface area contributed by atoms with Gasteiger partial charge >= 0.3 is 12.1 Å². The summed E-state index contributed by atoms with van der Waals surface area (Å²) in [5.41, 5.74) is 4.68. The molecule has 0 radical (unpaired) electrons. The Balaban J connectivity index is 1.56. The zero-order valence-electron chi connectivity index (χ0n) is 19.6. The topological polar surface area (TPSA) is 109 Å². The van der Waals surface area contributed by atoms with Crippen LogP contribution in [0.4, 0.5) is 24.1 Å². The molecule has 1 aliphatic heterocycles. The average Bonchev–Trinajstić information content (AvgIpc) is 3.38. The van der Waals surface area contributed by atoms with E-state index in [2.05, 4.69) is 10.6 Å². The standard InChI is InChI=1S/C25H26ClF2N5O3/c1-30-13-25(28)11-20(21(34)10-9-15-5-4-7-17(26)22(15)27)33(14-25)24(36)31-18-12-32(23(29)35)19-8-3-2-6-16(18)19/h2-8,12,20,30H,9-11,13-14H2,1H3,(H2,29,35)(H,31,36)/t20-,25-/m0/s1. The van der Waals surface area contributed by atoms with E-state index in [-0.39, 0.29) is 48.7 Å². The Morgan fingerprint density at radius 2 is 1.94 bits per heavy atom. The van der Waals surface area contributed by atoms with Crippen LogP contribution in [0.15, 0.2) is 48.7 Å². The van der Waals surface area contributed by atoms with Crippen molar-refractivity contribution in [2.45, 2.75) is 31.0 Å². The predicted molar refractivity (Wildman–Crippen MR) is 134 cm³/mol. The lowest BCUT2D eigenvalue weighted by Crippen LogP contribution is -2.44. The highest BCUT2D eigenvalue weighted by atomic mass is 35.5. The molecule has 3 aromatic rings. The van der Waals surface area contributed by atoms with Gasteiger partial charge in [-0.05, 0) is 31.2 Å². The number of Topliss-reactive ketones (excluding diaryl/α,β-unsaturated/α-hetero) is 1. The van der Waals surface area contributed by atoms with Gasteiger partial charge < -0.3 is 21.3 Å². The highest BCUT2D eigenvalue weighted by Gasteiger charge is 2.48. The maximum atomic E-state index is 15.5. The molecule has 0 aliphatic carbocycles. The van der Waals surface area contributed by atoms with Crippen LogP contribution in [0.25, 0.3) is 10.9 Å². The number of hydrogen-bond donors (Lipinski definition) is 3. The predicted octanol–water partition coefficient (Wildman–Crippen LogP) is 4.10. The molecule has 1 aromatic heterocycles. The summed E-state index contributed by atoms with van der Waals surface area (Å²) in [5.74, 6) is -0.992. The van der Waals surface area contributed by atoms with Crippen LogP contribution in [-0.4, -0.2) is 59.2 Å². The van der Waals surface area contributed by atoms with Crippen molar-refractivity contribution in [1.29, 1.82) is 0 Å². The van der Waals surface area contributed by atoms with Crippen molar-refractivity contribution in [3.8, 4) is 0 Å². The van der Waals surface area contributed by atoms with Crippen LogP contribution in [0, 0.1) is 5.82 Å². The van der Waals surface area contributed by atoms with E-state index in [0.717, 1.165) is 4.90 Å². The van der Waals surface area contributed by atoms with Crippen molar-refractivity contribution in [3.05, 3.63) is 65.1 Å². The van der Waals surface area contributed by atoms with Crippen molar-refractivity contribution in [2.24, 2.45) is 5.73 Å². The number of ketones is 1. The SMILES string of the molecule is CNC[C@@]1(F)C[C@@H](C(=O)CCc2cccc(Cl)c2F)N(C(=O)Nc2cn(C(N)=O)c3ccccc23)C1. The van der Waals surface area contributed by atoms with Crippen LogP contribution in [0.3, 0.4) is 0 Å². The fourth-order valence-electron chi connectivity index (χ4n) is 4.70. The first kappa shape index (κ1) is 25.6. The summed E-state index contributed by atoms with van der Waals surface area (Å²) >= 11 is 5.82. The molecule has 0 spiro atoms. The maximum absolute atomic E-state index is 15.5. The number of halogens is 3. The number of nitrogens with one attached hydrogen (secondary N) is 2. The molecule has 0 saturated carbocycles.